The van der Waals surface area contributed by atoms with Crippen LogP contribution in [0.25, 0.3) is 0 Å². The molecule has 0 aliphatic rings. The van der Waals surface area contributed by atoms with Crippen LogP contribution in [0.15, 0.2) is 36.4 Å². The molecule has 0 spiro atoms. The number of nitrogens with one attached hydrogen (secondary N) is 1. The highest BCUT2D eigenvalue weighted by Gasteiger charge is 2.14. The summed E-state index contributed by atoms with van der Waals surface area (Å²) in [6.07, 6.45) is 0.569. The number of halogens is 2. The van der Waals surface area contributed by atoms with Crippen LogP contribution < -0.4 is 16.0 Å². The highest BCUT2D eigenvalue weighted by molar-refractivity contribution is 6.30. The van der Waals surface area contributed by atoms with Gasteiger partial charge >= 0.3 is 0 Å². The molecule has 0 aliphatic heterocycles. The van der Waals surface area contributed by atoms with Crippen LogP contribution >= 0.6 is 11.6 Å². The summed E-state index contributed by atoms with van der Waals surface area (Å²) in [4.78, 5) is 0. The van der Waals surface area contributed by atoms with E-state index in [4.69, 9.17) is 22.2 Å². The molecule has 2 rings (SSSR count). The second kappa shape index (κ2) is 6.89. The number of hydrogen-bond donors (Lipinski definition) is 2. The predicted octanol–water partition coefficient (Wildman–Crippen LogP) is 3.54. The van der Waals surface area contributed by atoms with E-state index in [9.17, 15) is 4.39 Å². The molecule has 2 aromatic carbocycles. The molecule has 0 heterocycles. The first-order valence-electron chi connectivity index (χ1n) is 6.59. The molecular weight excluding hydrogens is 291 g/mol. The topological polar surface area (TPSA) is 47.3 Å². The summed E-state index contributed by atoms with van der Waals surface area (Å²) in [6.45, 7) is 1.97. The Morgan fingerprint density at radius 1 is 1.29 bits per heavy atom. The van der Waals surface area contributed by atoms with E-state index in [0.717, 1.165) is 16.7 Å². The van der Waals surface area contributed by atoms with Crippen LogP contribution in [0, 0.1) is 12.7 Å². The van der Waals surface area contributed by atoms with Crippen molar-refractivity contribution < 1.29 is 9.13 Å². The summed E-state index contributed by atoms with van der Waals surface area (Å²) < 4.78 is 18.7. The number of ether oxygens (including phenoxy) is 1. The molecule has 3 N–H and O–H groups in total. The Labute approximate surface area is 128 Å². The average Bonchev–Trinajstić information content (AvgIpc) is 2.45. The zero-order valence-electron chi connectivity index (χ0n) is 12.0. The van der Waals surface area contributed by atoms with Gasteiger partial charge in [0.25, 0.3) is 0 Å². The second-order valence-electron chi connectivity index (χ2n) is 4.89. The fourth-order valence-electron chi connectivity index (χ4n) is 2.36. The lowest BCUT2D eigenvalue weighted by molar-refractivity contribution is 0.386. The number of benzene rings is 2. The third kappa shape index (κ3) is 3.73. The molecule has 0 amide bonds. The summed E-state index contributed by atoms with van der Waals surface area (Å²) >= 11 is 5.96. The van der Waals surface area contributed by atoms with Gasteiger partial charge in [0.05, 0.1) is 13.2 Å². The Bertz CT molecular complexity index is 634. The average molecular weight is 309 g/mol. The van der Waals surface area contributed by atoms with E-state index in [1.165, 1.54) is 13.2 Å². The lowest BCUT2D eigenvalue weighted by Crippen LogP contribution is -2.30. The van der Waals surface area contributed by atoms with Crippen molar-refractivity contribution in [3.05, 3.63) is 63.9 Å². The summed E-state index contributed by atoms with van der Waals surface area (Å²) in [7, 11) is 1.44. The van der Waals surface area contributed by atoms with Crippen molar-refractivity contribution >= 4 is 11.6 Å². The molecule has 1 atom stereocenters. The normalized spacial score (nSPS) is 12.2. The first-order chi connectivity index (χ1) is 10.0. The number of hydrazine groups is 1. The molecule has 2 aromatic rings. The van der Waals surface area contributed by atoms with Crippen molar-refractivity contribution in [2.75, 3.05) is 7.11 Å². The predicted molar refractivity (Wildman–Crippen MR) is 82.9 cm³/mol. The highest BCUT2D eigenvalue weighted by atomic mass is 35.5. The molecule has 0 aliphatic carbocycles. The van der Waals surface area contributed by atoms with Gasteiger partial charge in [-0.15, -0.1) is 0 Å². The molecule has 1 unspecified atom stereocenters. The minimum Gasteiger partial charge on any atom is -0.494 e. The molecule has 0 fully saturated rings. The van der Waals surface area contributed by atoms with Crippen molar-refractivity contribution in [3.63, 3.8) is 0 Å². The van der Waals surface area contributed by atoms with Crippen LogP contribution in [0.2, 0.25) is 5.02 Å². The summed E-state index contributed by atoms with van der Waals surface area (Å²) in [5.41, 5.74) is 5.70. The van der Waals surface area contributed by atoms with Gasteiger partial charge in [0.1, 0.15) is 0 Å². The maximum absolute atomic E-state index is 13.7. The van der Waals surface area contributed by atoms with E-state index in [0.29, 0.717) is 11.4 Å². The molecule has 0 radical (unpaired) electrons. The van der Waals surface area contributed by atoms with Crippen molar-refractivity contribution in [1.29, 1.82) is 0 Å². The number of methoxy groups -OCH3 is 1. The van der Waals surface area contributed by atoms with Crippen LogP contribution in [0.4, 0.5) is 4.39 Å². The molecule has 0 saturated heterocycles. The lowest BCUT2D eigenvalue weighted by atomic mass is 9.96. The van der Waals surface area contributed by atoms with E-state index in [1.54, 1.807) is 6.07 Å². The molecule has 0 aromatic heterocycles. The Morgan fingerprint density at radius 3 is 2.62 bits per heavy atom. The Hall–Kier alpha value is -1.62. The molecule has 3 nitrogen and oxygen atoms in total. The van der Waals surface area contributed by atoms with Gasteiger partial charge in [0.15, 0.2) is 11.6 Å². The first kappa shape index (κ1) is 15.8. The van der Waals surface area contributed by atoms with Crippen LogP contribution in [-0.2, 0) is 6.42 Å². The van der Waals surface area contributed by atoms with E-state index in [-0.39, 0.29) is 17.6 Å². The van der Waals surface area contributed by atoms with Crippen LogP contribution in [0.5, 0.6) is 5.75 Å². The standard InChI is InChI=1S/C16H18ClFN2O/c1-10-7-12(17)4-5-13(10)15(20-19)9-11-3-6-16(21-2)14(18)8-11/h3-8,15,20H,9,19H2,1-2H3. The van der Waals surface area contributed by atoms with Gasteiger partial charge in [0, 0.05) is 5.02 Å². The largest absolute Gasteiger partial charge is 0.494 e. The number of aryl methyl sites for hydroxylation is 1. The fraction of sp³-hybridized carbons (Fsp3) is 0.250. The zero-order chi connectivity index (χ0) is 15.4. The molecule has 5 heteroatoms. The quantitative estimate of drug-likeness (QED) is 0.656. The highest BCUT2D eigenvalue weighted by Crippen LogP contribution is 2.25. The van der Waals surface area contributed by atoms with Crippen molar-refractivity contribution in [3.8, 4) is 5.75 Å². The van der Waals surface area contributed by atoms with Gasteiger partial charge < -0.3 is 4.74 Å². The van der Waals surface area contributed by atoms with Gasteiger partial charge in [-0.3, -0.25) is 11.3 Å². The third-order valence-electron chi connectivity index (χ3n) is 3.46. The zero-order valence-corrected chi connectivity index (χ0v) is 12.7. The van der Waals surface area contributed by atoms with Gasteiger partial charge in [-0.1, -0.05) is 23.7 Å². The molecule has 112 valence electrons. The van der Waals surface area contributed by atoms with Crippen molar-refractivity contribution in [2.45, 2.75) is 19.4 Å². The van der Waals surface area contributed by atoms with E-state index in [2.05, 4.69) is 5.43 Å². The monoisotopic (exact) mass is 308 g/mol. The fourth-order valence-corrected chi connectivity index (χ4v) is 2.59. The number of rotatable bonds is 5. The van der Waals surface area contributed by atoms with E-state index in [1.807, 2.05) is 31.2 Å². The SMILES string of the molecule is COc1ccc(CC(NN)c2ccc(Cl)cc2C)cc1F. The Kier molecular flexibility index (Phi) is 5.17. The van der Waals surface area contributed by atoms with Gasteiger partial charge in [-0.25, -0.2) is 4.39 Å². The van der Waals surface area contributed by atoms with Crippen LogP contribution in [0.3, 0.4) is 0 Å². The number of hydrogen-bond acceptors (Lipinski definition) is 3. The Balaban J connectivity index is 2.24. The second-order valence-corrected chi connectivity index (χ2v) is 5.33. The van der Waals surface area contributed by atoms with Crippen LogP contribution in [0.1, 0.15) is 22.7 Å². The maximum Gasteiger partial charge on any atom is 0.165 e. The van der Waals surface area contributed by atoms with Gasteiger partial charge in [-0.05, 0) is 54.3 Å². The minimum absolute atomic E-state index is 0.116. The van der Waals surface area contributed by atoms with Crippen molar-refractivity contribution in [1.82, 2.24) is 5.43 Å². The minimum atomic E-state index is -0.376. The summed E-state index contributed by atoms with van der Waals surface area (Å²) in [5.74, 6) is 5.51. The third-order valence-corrected chi connectivity index (χ3v) is 3.70. The molecule has 21 heavy (non-hydrogen) atoms. The Morgan fingerprint density at radius 2 is 2.05 bits per heavy atom. The summed E-state index contributed by atoms with van der Waals surface area (Å²) in [6, 6.07) is 10.4. The summed E-state index contributed by atoms with van der Waals surface area (Å²) in [5, 5.41) is 0.683. The smallest absolute Gasteiger partial charge is 0.165 e. The lowest BCUT2D eigenvalue weighted by Gasteiger charge is -2.19. The van der Waals surface area contributed by atoms with Crippen molar-refractivity contribution in [2.24, 2.45) is 5.84 Å². The molecular formula is C16H18ClFN2O. The maximum atomic E-state index is 13.7. The van der Waals surface area contributed by atoms with E-state index < -0.39 is 0 Å². The number of nitrogens with two attached hydrogens (primary N) is 1. The van der Waals surface area contributed by atoms with Gasteiger partial charge in [0.2, 0.25) is 0 Å². The molecule has 0 bridgehead atoms. The van der Waals surface area contributed by atoms with Crippen LogP contribution in [-0.4, -0.2) is 7.11 Å². The van der Waals surface area contributed by atoms with Gasteiger partial charge in [-0.2, -0.15) is 0 Å². The van der Waals surface area contributed by atoms with E-state index >= 15 is 0 Å². The molecule has 0 saturated carbocycles. The first-order valence-corrected chi connectivity index (χ1v) is 6.97.